The minimum absolute atomic E-state index is 0.130. The van der Waals surface area contributed by atoms with E-state index in [1.54, 1.807) is 6.92 Å². The number of carbonyl (C=O) groups is 1. The first-order chi connectivity index (χ1) is 7.72. The van der Waals surface area contributed by atoms with Crippen molar-refractivity contribution in [3.8, 4) is 0 Å². The number of aromatic nitrogens is 2. The quantitative estimate of drug-likeness (QED) is 0.730. The van der Waals surface area contributed by atoms with Crippen molar-refractivity contribution < 1.29 is 4.79 Å². The SMILES string of the molecule is CCCn1nc(C2CCCC2)cc1C(C)=O. The highest BCUT2D eigenvalue weighted by molar-refractivity contribution is 5.92. The lowest BCUT2D eigenvalue weighted by atomic mass is 10.0. The Morgan fingerprint density at radius 2 is 2.19 bits per heavy atom. The van der Waals surface area contributed by atoms with Gasteiger partial charge in [0.1, 0.15) is 5.69 Å². The van der Waals surface area contributed by atoms with Gasteiger partial charge in [-0.05, 0) is 25.3 Å². The van der Waals surface area contributed by atoms with E-state index in [1.165, 1.54) is 25.7 Å². The molecule has 0 unspecified atom stereocenters. The van der Waals surface area contributed by atoms with Crippen molar-refractivity contribution in [1.29, 1.82) is 0 Å². The molecule has 0 spiro atoms. The molecule has 1 aromatic heterocycles. The molecule has 1 aliphatic carbocycles. The molecule has 3 nitrogen and oxygen atoms in total. The van der Waals surface area contributed by atoms with Crippen LogP contribution in [-0.2, 0) is 6.54 Å². The van der Waals surface area contributed by atoms with Gasteiger partial charge in [-0.2, -0.15) is 5.10 Å². The molecule has 88 valence electrons. The molecule has 1 aromatic rings. The Bertz CT molecular complexity index is 375. The van der Waals surface area contributed by atoms with Gasteiger partial charge in [0, 0.05) is 19.4 Å². The van der Waals surface area contributed by atoms with Crippen LogP contribution < -0.4 is 0 Å². The fourth-order valence-corrected chi connectivity index (χ4v) is 2.52. The Morgan fingerprint density at radius 1 is 1.50 bits per heavy atom. The van der Waals surface area contributed by atoms with Crippen LogP contribution in [-0.4, -0.2) is 15.6 Å². The second-order valence-electron chi connectivity index (χ2n) is 4.72. The Balaban J connectivity index is 2.26. The third-order valence-electron chi connectivity index (χ3n) is 3.37. The number of hydrogen-bond donors (Lipinski definition) is 0. The molecule has 0 saturated heterocycles. The summed E-state index contributed by atoms with van der Waals surface area (Å²) in [7, 11) is 0. The van der Waals surface area contributed by atoms with Crippen LogP contribution in [0.25, 0.3) is 0 Å². The minimum atomic E-state index is 0.130. The van der Waals surface area contributed by atoms with Gasteiger partial charge in [0.05, 0.1) is 5.69 Å². The van der Waals surface area contributed by atoms with Crippen LogP contribution in [0.15, 0.2) is 6.07 Å². The topological polar surface area (TPSA) is 34.9 Å². The van der Waals surface area contributed by atoms with Crippen molar-refractivity contribution in [3.05, 3.63) is 17.5 Å². The highest BCUT2D eigenvalue weighted by atomic mass is 16.1. The summed E-state index contributed by atoms with van der Waals surface area (Å²) in [5.41, 5.74) is 1.92. The Kier molecular flexibility index (Phi) is 3.42. The van der Waals surface area contributed by atoms with Crippen molar-refractivity contribution in [2.45, 2.75) is 58.4 Å². The van der Waals surface area contributed by atoms with Crippen LogP contribution in [0.4, 0.5) is 0 Å². The van der Waals surface area contributed by atoms with Gasteiger partial charge >= 0.3 is 0 Å². The van der Waals surface area contributed by atoms with Crippen molar-refractivity contribution in [1.82, 2.24) is 9.78 Å². The van der Waals surface area contributed by atoms with E-state index in [2.05, 4.69) is 12.0 Å². The molecule has 1 fully saturated rings. The normalized spacial score (nSPS) is 16.9. The number of carbonyl (C=O) groups excluding carboxylic acids is 1. The number of Topliss-reactive ketones (excluding diaryl/α,β-unsaturated/α-hetero) is 1. The van der Waals surface area contributed by atoms with Gasteiger partial charge in [-0.25, -0.2) is 0 Å². The molecule has 2 rings (SSSR count). The first-order valence-corrected chi connectivity index (χ1v) is 6.31. The van der Waals surface area contributed by atoms with Crippen LogP contribution in [0.1, 0.15) is 68.1 Å². The van der Waals surface area contributed by atoms with E-state index in [0.29, 0.717) is 5.92 Å². The number of rotatable bonds is 4. The van der Waals surface area contributed by atoms with Crippen LogP contribution in [0, 0.1) is 0 Å². The summed E-state index contributed by atoms with van der Waals surface area (Å²) in [5, 5.41) is 4.60. The van der Waals surface area contributed by atoms with Gasteiger partial charge in [0.15, 0.2) is 5.78 Å². The zero-order chi connectivity index (χ0) is 11.5. The molecule has 0 amide bonds. The maximum absolute atomic E-state index is 11.5. The highest BCUT2D eigenvalue weighted by Gasteiger charge is 2.22. The lowest BCUT2D eigenvalue weighted by Crippen LogP contribution is -2.08. The molecule has 1 heterocycles. The average molecular weight is 220 g/mol. The van der Waals surface area contributed by atoms with Gasteiger partial charge in [-0.1, -0.05) is 19.8 Å². The summed E-state index contributed by atoms with van der Waals surface area (Å²) in [5.74, 6) is 0.724. The maximum atomic E-state index is 11.5. The molecule has 3 heteroatoms. The van der Waals surface area contributed by atoms with Crippen LogP contribution in [0.3, 0.4) is 0 Å². The van der Waals surface area contributed by atoms with Crippen LogP contribution in [0.5, 0.6) is 0 Å². The molecule has 0 atom stereocenters. The number of hydrogen-bond acceptors (Lipinski definition) is 2. The summed E-state index contributed by atoms with van der Waals surface area (Å²) >= 11 is 0. The Hall–Kier alpha value is -1.12. The molecular weight excluding hydrogens is 200 g/mol. The van der Waals surface area contributed by atoms with Crippen LogP contribution in [0.2, 0.25) is 0 Å². The number of aryl methyl sites for hydroxylation is 1. The summed E-state index contributed by atoms with van der Waals surface area (Å²) < 4.78 is 1.88. The van der Waals surface area contributed by atoms with E-state index in [-0.39, 0.29) is 5.78 Å². The molecular formula is C13H20N2O. The number of nitrogens with zero attached hydrogens (tertiary/aromatic N) is 2. The molecule has 16 heavy (non-hydrogen) atoms. The standard InChI is InChI=1S/C13H20N2O/c1-3-8-15-13(10(2)16)9-12(14-15)11-6-4-5-7-11/h9,11H,3-8H2,1-2H3. The fourth-order valence-electron chi connectivity index (χ4n) is 2.52. The zero-order valence-electron chi connectivity index (χ0n) is 10.2. The predicted octanol–water partition coefficient (Wildman–Crippen LogP) is 3.15. The van der Waals surface area contributed by atoms with E-state index in [1.807, 2.05) is 10.7 Å². The highest BCUT2D eigenvalue weighted by Crippen LogP contribution is 2.33. The first kappa shape index (κ1) is 11.4. The second kappa shape index (κ2) is 4.81. The summed E-state index contributed by atoms with van der Waals surface area (Å²) in [4.78, 5) is 11.5. The lowest BCUT2D eigenvalue weighted by Gasteiger charge is -2.04. The van der Waals surface area contributed by atoms with Crippen LogP contribution >= 0.6 is 0 Å². The van der Waals surface area contributed by atoms with Crippen molar-refractivity contribution in [3.63, 3.8) is 0 Å². The molecule has 1 saturated carbocycles. The smallest absolute Gasteiger partial charge is 0.177 e. The maximum Gasteiger partial charge on any atom is 0.177 e. The Labute approximate surface area is 96.8 Å². The van der Waals surface area contributed by atoms with E-state index >= 15 is 0 Å². The molecule has 0 aromatic carbocycles. The molecule has 0 radical (unpaired) electrons. The van der Waals surface area contributed by atoms with Gasteiger partial charge < -0.3 is 0 Å². The fraction of sp³-hybridized carbons (Fsp3) is 0.692. The van der Waals surface area contributed by atoms with E-state index in [0.717, 1.165) is 24.4 Å². The van der Waals surface area contributed by atoms with E-state index in [9.17, 15) is 4.79 Å². The molecule has 0 N–H and O–H groups in total. The van der Waals surface area contributed by atoms with Gasteiger partial charge in [-0.15, -0.1) is 0 Å². The lowest BCUT2D eigenvalue weighted by molar-refractivity contribution is 0.100. The van der Waals surface area contributed by atoms with Gasteiger partial charge in [0.2, 0.25) is 0 Å². The van der Waals surface area contributed by atoms with Crippen molar-refractivity contribution in [2.24, 2.45) is 0 Å². The minimum Gasteiger partial charge on any atom is -0.293 e. The van der Waals surface area contributed by atoms with E-state index < -0.39 is 0 Å². The predicted molar refractivity (Wildman–Crippen MR) is 63.7 cm³/mol. The third-order valence-corrected chi connectivity index (χ3v) is 3.37. The van der Waals surface area contributed by atoms with Crippen molar-refractivity contribution in [2.75, 3.05) is 0 Å². The zero-order valence-corrected chi connectivity index (χ0v) is 10.2. The third kappa shape index (κ3) is 2.18. The summed E-state index contributed by atoms with van der Waals surface area (Å²) in [6, 6.07) is 2.01. The number of ketones is 1. The van der Waals surface area contributed by atoms with Gasteiger partial charge in [0.25, 0.3) is 0 Å². The average Bonchev–Trinajstić information content (AvgIpc) is 2.83. The molecule has 0 aliphatic heterocycles. The molecule has 0 bridgehead atoms. The molecule has 1 aliphatic rings. The largest absolute Gasteiger partial charge is 0.293 e. The Morgan fingerprint density at radius 3 is 2.75 bits per heavy atom. The summed E-state index contributed by atoms with van der Waals surface area (Å²) in [6.07, 6.45) is 6.11. The van der Waals surface area contributed by atoms with Crippen molar-refractivity contribution >= 4 is 5.78 Å². The first-order valence-electron chi connectivity index (χ1n) is 6.31. The summed E-state index contributed by atoms with van der Waals surface area (Å²) in [6.45, 7) is 4.59. The van der Waals surface area contributed by atoms with E-state index in [4.69, 9.17) is 0 Å². The van der Waals surface area contributed by atoms with Gasteiger partial charge in [-0.3, -0.25) is 9.48 Å². The second-order valence-corrected chi connectivity index (χ2v) is 4.72. The monoisotopic (exact) mass is 220 g/mol.